The lowest BCUT2D eigenvalue weighted by Crippen LogP contribution is -1.90. The van der Waals surface area contributed by atoms with Gasteiger partial charge in [0.1, 0.15) is 0 Å². The number of pyridine rings is 1. The summed E-state index contributed by atoms with van der Waals surface area (Å²) in [6, 6.07) is 6.18. The lowest BCUT2D eigenvalue weighted by Gasteiger charge is -2.08. The van der Waals surface area contributed by atoms with E-state index < -0.39 is 0 Å². The van der Waals surface area contributed by atoms with Gasteiger partial charge < -0.3 is 0 Å². The standard InChI is InChI=1S/C13H13N/c1-4-11-9(2)8-13-12(10(11)3)6-5-7-14-13/h4-8H,1H2,2-3H3. The van der Waals surface area contributed by atoms with E-state index in [9.17, 15) is 0 Å². The topological polar surface area (TPSA) is 12.9 Å². The molecule has 0 amide bonds. The third-order valence-electron chi connectivity index (χ3n) is 2.63. The molecule has 0 bridgehead atoms. The van der Waals surface area contributed by atoms with Gasteiger partial charge in [0.25, 0.3) is 0 Å². The molecule has 14 heavy (non-hydrogen) atoms. The summed E-state index contributed by atoms with van der Waals surface area (Å²) in [6.45, 7) is 8.05. The molecule has 0 spiro atoms. The highest BCUT2D eigenvalue weighted by atomic mass is 14.6. The van der Waals surface area contributed by atoms with Crippen molar-refractivity contribution in [2.45, 2.75) is 13.8 Å². The molecule has 2 rings (SSSR count). The van der Waals surface area contributed by atoms with Crippen LogP contribution in [0.2, 0.25) is 0 Å². The van der Waals surface area contributed by atoms with Gasteiger partial charge in [0, 0.05) is 11.6 Å². The summed E-state index contributed by atoms with van der Waals surface area (Å²) in [6.07, 6.45) is 3.74. The second kappa shape index (κ2) is 3.26. The molecule has 0 fully saturated rings. The van der Waals surface area contributed by atoms with Crippen molar-refractivity contribution in [2.75, 3.05) is 0 Å². The zero-order chi connectivity index (χ0) is 10.1. The first-order valence-electron chi connectivity index (χ1n) is 4.71. The van der Waals surface area contributed by atoms with Crippen LogP contribution in [0.3, 0.4) is 0 Å². The molecule has 0 aliphatic heterocycles. The summed E-state index contributed by atoms with van der Waals surface area (Å²) >= 11 is 0. The van der Waals surface area contributed by atoms with Crippen LogP contribution in [0.1, 0.15) is 16.7 Å². The van der Waals surface area contributed by atoms with Crippen molar-refractivity contribution in [3.05, 3.63) is 47.7 Å². The van der Waals surface area contributed by atoms with Gasteiger partial charge in [-0.1, -0.05) is 18.7 Å². The van der Waals surface area contributed by atoms with E-state index in [2.05, 4.69) is 37.5 Å². The maximum Gasteiger partial charge on any atom is 0.0707 e. The van der Waals surface area contributed by atoms with E-state index in [0.717, 1.165) is 5.52 Å². The third-order valence-corrected chi connectivity index (χ3v) is 2.63. The predicted octanol–water partition coefficient (Wildman–Crippen LogP) is 3.49. The smallest absolute Gasteiger partial charge is 0.0707 e. The second-order valence-corrected chi connectivity index (χ2v) is 3.51. The van der Waals surface area contributed by atoms with Crippen LogP contribution in [0.4, 0.5) is 0 Å². The van der Waals surface area contributed by atoms with Gasteiger partial charge in [-0.15, -0.1) is 0 Å². The number of benzene rings is 1. The number of aryl methyl sites for hydroxylation is 2. The van der Waals surface area contributed by atoms with Crippen LogP contribution >= 0.6 is 0 Å². The SMILES string of the molecule is C=Cc1c(C)cc2ncccc2c1C. The van der Waals surface area contributed by atoms with Gasteiger partial charge in [-0.3, -0.25) is 4.98 Å². The third kappa shape index (κ3) is 1.22. The number of hydrogen-bond donors (Lipinski definition) is 0. The first-order chi connectivity index (χ1) is 6.74. The molecular formula is C13H13N. The first-order valence-corrected chi connectivity index (χ1v) is 4.71. The van der Waals surface area contributed by atoms with E-state index in [1.165, 1.54) is 22.1 Å². The number of fused-ring (bicyclic) bond motifs is 1. The van der Waals surface area contributed by atoms with Gasteiger partial charge in [-0.2, -0.15) is 0 Å². The minimum atomic E-state index is 1.06. The lowest BCUT2D eigenvalue weighted by molar-refractivity contribution is 1.34. The zero-order valence-electron chi connectivity index (χ0n) is 8.54. The minimum Gasteiger partial charge on any atom is -0.256 e. The van der Waals surface area contributed by atoms with Crippen LogP contribution in [-0.4, -0.2) is 4.98 Å². The monoisotopic (exact) mass is 183 g/mol. The Morgan fingerprint density at radius 2 is 2.14 bits per heavy atom. The van der Waals surface area contributed by atoms with Gasteiger partial charge in [0.15, 0.2) is 0 Å². The van der Waals surface area contributed by atoms with E-state index in [0.29, 0.717) is 0 Å². The van der Waals surface area contributed by atoms with Gasteiger partial charge in [-0.05, 0) is 42.7 Å². The summed E-state index contributed by atoms with van der Waals surface area (Å²) in [4.78, 5) is 4.34. The maximum atomic E-state index is 4.34. The lowest BCUT2D eigenvalue weighted by atomic mass is 9.98. The van der Waals surface area contributed by atoms with Crippen LogP contribution < -0.4 is 0 Å². The Bertz CT molecular complexity index is 498. The van der Waals surface area contributed by atoms with Crippen molar-refractivity contribution in [1.29, 1.82) is 0 Å². The average molecular weight is 183 g/mol. The van der Waals surface area contributed by atoms with Crippen LogP contribution in [0.25, 0.3) is 17.0 Å². The van der Waals surface area contributed by atoms with Gasteiger partial charge >= 0.3 is 0 Å². The molecule has 1 heteroatoms. The summed E-state index contributed by atoms with van der Waals surface area (Å²) in [5.74, 6) is 0. The largest absolute Gasteiger partial charge is 0.256 e. The summed E-state index contributed by atoms with van der Waals surface area (Å²) < 4.78 is 0. The Balaban J connectivity index is 2.92. The van der Waals surface area contributed by atoms with Gasteiger partial charge in [-0.25, -0.2) is 0 Å². The minimum absolute atomic E-state index is 1.06. The first kappa shape index (κ1) is 8.95. The summed E-state index contributed by atoms with van der Waals surface area (Å²) in [5, 5.41) is 1.22. The van der Waals surface area contributed by atoms with Crippen LogP contribution in [0.15, 0.2) is 31.0 Å². The Labute approximate surface area is 84.1 Å². The van der Waals surface area contributed by atoms with Crippen LogP contribution in [0, 0.1) is 13.8 Å². The molecule has 0 atom stereocenters. The highest BCUT2D eigenvalue weighted by molar-refractivity contribution is 5.86. The molecule has 0 saturated heterocycles. The molecule has 1 nitrogen and oxygen atoms in total. The summed E-state index contributed by atoms with van der Waals surface area (Å²) in [5.41, 5.74) is 4.80. The quantitative estimate of drug-likeness (QED) is 0.659. The molecule has 2 aromatic rings. The van der Waals surface area contributed by atoms with E-state index in [1.807, 2.05) is 18.3 Å². The van der Waals surface area contributed by atoms with Crippen molar-refractivity contribution in [3.8, 4) is 0 Å². The van der Waals surface area contributed by atoms with Gasteiger partial charge in [0.2, 0.25) is 0 Å². The number of nitrogens with zero attached hydrogens (tertiary/aromatic N) is 1. The highest BCUT2D eigenvalue weighted by Gasteiger charge is 2.04. The zero-order valence-corrected chi connectivity index (χ0v) is 8.54. The average Bonchev–Trinajstić information content (AvgIpc) is 2.18. The molecule has 0 radical (unpaired) electrons. The molecule has 0 saturated carbocycles. The van der Waals surface area contributed by atoms with Crippen molar-refractivity contribution < 1.29 is 0 Å². The summed E-state index contributed by atoms with van der Waals surface area (Å²) in [7, 11) is 0. The van der Waals surface area contributed by atoms with Crippen LogP contribution in [-0.2, 0) is 0 Å². The van der Waals surface area contributed by atoms with Crippen LogP contribution in [0.5, 0.6) is 0 Å². The molecule has 70 valence electrons. The number of rotatable bonds is 1. The van der Waals surface area contributed by atoms with E-state index >= 15 is 0 Å². The Morgan fingerprint density at radius 3 is 2.86 bits per heavy atom. The molecule has 1 heterocycles. The van der Waals surface area contributed by atoms with E-state index in [4.69, 9.17) is 0 Å². The molecule has 0 N–H and O–H groups in total. The Kier molecular flexibility index (Phi) is 2.08. The molecule has 0 unspecified atom stereocenters. The van der Waals surface area contributed by atoms with Crippen molar-refractivity contribution in [2.24, 2.45) is 0 Å². The van der Waals surface area contributed by atoms with Gasteiger partial charge in [0.05, 0.1) is 5.52 Å². The fraction of sp³-hybridized carbons (Fsp3) is 0.154. The number of aromatic nitrogens is 1. The van der Waals surface area contributed by atoms with E-state index in [1.54, 1.807) is 0 Å². The molecule has 1 aromatic carbocycles. The molecule has 0 aliphatic rings. The predicted molar refractivity (Wildman–Crippen MR) is 61.3 cm³/mol. The molecule has 0 aliphatic carbocycles. The van der Waals surface area contributed by atoms with Crippen molar-refractivity contribution in [3.63, 3.8) is 0 Å². The number of hydrogen-bond acceptors (Lipinski definition) is 1. The molecule has 1 aromatic heterocycles. The Hall–Kier alpha value is -1.63. The highest BCUT2D eigenvalue weighted by Crippen LogP contribution is 2.24. The Morgan fingerprint density at radius 1 is 1.36 bits per heavy atom. The fourth-order valence-electron chi connectivity index (χ4n) is 1.89. The maximum absolute atomic E-state index is 4.34. The fourth-order valence-corrected chi connectivity index (χ4v) is 1.89. The second-order valence-electron chi connectivity index (χ2n) is 3.51. The normalized spacial score (nSPS) is 10.4. The van der Waals surface area contributed by atoms with Crippen molar-refractivity contribution >= 4 is 17.0 Å². The van der Waals surface area contributed by atoms with E-state index in [-0.39, 0.29) is 0 Å². The molecular weight excluding hydrogens is 170 g/mol. The van der Waals surface area contributed by atoms with Crippen molar-refractivity contribution in [1.82, 2.24) is 4.98 Å².